The topological polar surface area (TPSA) is 84.3 Å². The highest BCUT2D eigenvalue weighted by Crippen LogP contribution is 2.15. The molecule has 0 bridgehead atoms. The Balaban J connectivity index is 1.87. The largest absolute Gasteiger partial charge is 0.351 e. The van der Waals surface area contributed by atoms with Gasteiger partial charge in [0.2, 0.25) is 11.3 Å². The summed E-state index contributed by atoms with van der Waals surface area (Å²) in [5, 5.41) is 7.11. The van der Waals surface area contributed by atoms with Gasteiger partial charge < -0.3 is 10.2 Å². The number of likely N-dealkylation sites (tertiary alicyclic amines) is 1. The van der Waals surface area contributed by atoms with E-state index in [-0.39, 0.29) is 29.2 Å². The molecule has 154 valence electrons. The van der Waals surface area contributed by atoms with Gasteiger partial charge in [-0.15, -0.1) is 0 Å². The Bertz CT molecular complexity index is 986. The van der Waals surface area contributed by atoms with Crippen LogP contribution < -0.4 is 10.7 Å². The minimum atomic E-state index is -0.511. The highest BCUT2D eigenvalue weighted by atomic mass is 19.1. The number of para-hydroxylation sites is 1. The molecule has 0 saturated carbocycles. The molecular formula is C21H25FN4O3. The van der Waals surface area contributed by atoms with E-state index in [1.165, 1.54) is 27.8 Å². The van der Waals surface area contributed by atoms with Crippen molar-refractivity contribution in [3.05, 3.63) is 57.8 Å². The zero-order valence-corrected chi connectivity index (χ0v) is 16.8. The number of piperidine rings is 1. The van der Waals surface area contributed by atoms with Crippen LogP contribution in [0.15, 0.2) is 35.1 Å². The molecule has 1 aromatic heterocycles. The molecule has 1 saturated heterocycles. The van der Waals surface area contributed by atoms with Gasteiger partial charge in [0.1, 0.15) is 11.5 Å². The van der Waals surface area contributed by atoms with E-state index in [4.69, 9.17) is 0 Å². The molecule has 8 heteroatoms. The molecule has 2 aromatic rings. The number of aromatic nitrogens is 2. The number of benzene rings is 1. The van der Waals surface area contributed by atoms with E-state index in [2.05, 4.69) is 10.4 Å². The SMILES string of the molecule is Cc1cc(=O)c(C(=O)N2CCCC(NC(=O)C(C)C)C2)nn1-c1ccccc1F. The van der Waals surface area contributed by atoms with Crippen molar-refractivity contribution in [1.82, 2.24) is 20.0 Å². The number of rotatable bonds is 4. The molecule has 2 amide bonds. The van der Waals surface area contributed by atoms with Crippen LogP contribution in [0.2, 0.25) is 0 Å². The van der Waals surface area contributed by atoms with Crippen LogP contribution in [0.25, 0.3) is 5.69 Å². The molecule has 0 radical (unpaired) electrons. The molecule has 3 rings (SSSR count). The van der Waals surface area contributed by atoms with Gasteiger partial charge in [0, 0.05) is 36.8 Å². The summed E-state index contributed by atoms with van der Waals surface area (Å²) in [6.45, 7) is 6.03. The van der Waals surface area contributed by atoms with Crippen LogP contribution in [0.5, 0.6) is 0 Å². The Morgan fingerprint density at radius 2 is 2.00 bits per heavy atom. The van der Waals surface area contributed by atoms with Crippen molar-refractivity contribution in [2.75, 3.05) is 13.1 Å². The molecule has 1 fully saturated rings. The smallest absolute Gasteiger partial charge is 0.278 e. The van der Waals surface area contributed by atoms with Crippen LogP contribution in [-0.2, 0) is 4.79 Å². The molecule has 0 aliphatic carbocycles. The Kier molecular flexibility index (Phi) is 6.10. The van der Waals surface area contributed by atoms with Gasteiger partial charge in [0.25, 0.3) is 5.91 Å². The Hall–Kier alpha value is -3.03. The highest BCUT2D eigenvalue weighted by Gasteiger charge is 2.28. The number of hydrogen-bond donors (Lipinski definition) is 1. The number of hydrogen-bond acceptors (Lipinski definition) is 4. The Morgan fingerprint density at radius 3 is 2.69 bits per heavy atom. The van der Waals surface area contributed by atoms with Crippen molar-refractivity contribution in [2.45, 2.75) is 39.7 Å². The number of halogens is 1. The molecule has 29 heavy (non-hydrogen) atoms. The lowest BCUT2D eigenvalue weighted by atomic mass is 10.0. The second kappa shape index (κ2) is 8.55. The van der Waals surface area contributed by atoms with E-state index in [9.17, 15) is 18.8 Å². The molecule has 7 nitrogen and oxygen atoms in total. The third-order valence-corrected chi connectivity index (χ3v) is 4.97. The first-order valence-electron chi connectivity index (χ1n) is 9.73. The van der Waals surface area contributed by atoms with Crippen molar-refractivity contribution in [1.29, 1.82) is 0 Å². The second-order valence-corrected chi connectivity index (χ2v) is 7.62. The summed E-state index contributed by atoms with van der Waals surface area (Å²) in [7, 11) is 0. The second-order valence-electron chi connectivity index (χ2n) is 7.62. The lowest BCUT2D eigenvalue weighted by Crippen LogP contribution is -2.51. The van der Waals surface area contributed by atoms with Crippen molar-refractivity contribution < 1.29 is 14.0 Å². The number of aryl methyl sites for hydroxylation is 1. The number of carbonyl (C=O) groups is 2. The van der Waals surface area contributed by atoms with E-state index in [0.717, 1.165) is 6.42 Å². The van der Waals surface area contributed by atoms with Gasteiger partial charge in [0.05, 0.1) is 0 Å². The average molecular weight is 400 g/mol. The number of nitrogens with zero attached hydrogens (tertiary/aromatic N) is 3. The molecular weight excluding hydrogens is 375 g/mol. The van der Waals surface area contributed by atoms with Crippen molar-refractivity contribution in [3.8, 4) is 5.69 Å². The summed E-state index contributed by atoms with van der Waals surface area (Å²) in [5.41, 5.74) is -0.166. The van der Waals surface area contributed by atoms with Gasteiger partial charge in [-0.2, -0.15) is 5.10 Å². The fourth-order valence-corrected chi connectivity index (χ4v) is 3.36. The fraction of sp³-hybridized carbons (Fsp3) is 0.429. The highest BCUT2D eigenvalue weighted by molar-refractivity contribution is 5.92. The molecule has 2 heterocycles. The van der Waals surface area contributed by atoms with E-state index in [1.807, 2.05) is 13.8 Å². The number of nitrogens with one attached hydrogen (secondary N) is 1. The maximum Gasteiger partial charge on any atom is 0.278 e. The molecule has 1 aliphatic rings. The van der Waals surface area contributed by atoms with Crippen LogP contribution in [0.1, 0.15) is 42.9 Å². The third kappa shape index (κ3) is 4.52. The quantitative estimate of drug-likeness (QED) is 0.851. The summed E-state index contributed by atoms with van der Waals surface area (Å²) in [6, 6.07) is 7.17. The molecule has 1 atom stereocenters. The first-order valence-corrected chi connectivity index (χ1v) is 9.73. The van der Waals surface area contributed by atoms with Crippen molar-refractivity contribution >= 4 is 11.8 Å². The Labute approximate surface area is 168 Å². The van der Waals surface area contributed by atoms with Gasteiger partial charge in [-0.3, -0.25) is 14.4 Å². The first kappa shape index (κ1) is 20.7. The zero-order chi connectivity index (χ0) is 21.1. The minimum Gasteiger partial charge on any atom is -0.351 e. The summed E-state index contributed by atoms with van der Waals surface area (Å²) < 4.78 is 15.5. The summed E-state index contributed by atoms with van der Waals surface area (Å²) in [5.74, 6) is -1.23. The molecule has 1 aromatic carbocycles. The number of carbonyl (C=O) groups excluding carboxylic acids is 2. The molecule has 1 unspecified atom stereocenters. The van der Waals surface area contributed by atoms with Crippen LogP contribution in [-0.4, -0.2) is 45.6 Å². The van der Waals surface area contributed by atoms with E-state index in [1.54, 1.807) is 19.1 Å². The lowest BCUT2D eigenvalue weighted by Gasteiger charge is -2.33. The van der Waals surface area contributed by atoms with Crippen LogP contribution >= 0.6 is 0 Å². The summed E-state index contributed by atoms with van der Waals surface area (Å²) in [6.07, 6.45) is 1.48. The summed E-state index contributed by atoms with van der Waals surface area (Å²) in [4.78, 5) is 39.0. The summed E-state index contributed by atoms with van der Waals surface area (Å²) >= 11 is 0. The first-order chi connectivity index (χ1) is 13.8. The Morgan fingerprint density at radius 1 is 1.28 bits per heavy atom. The standard InChI is InChI=1S/C21H25FN4O3/c1-13(2)20(28)23-15-7-6-10-25(12-15)21(29)19-18(27)11-14(3)26(24-19)17-9-5-4-8-16(17)22/h4-5,8-9,11,13,15H,6-7,10,12H2,1-3H3,(H,23,28). The van der Waals surface area contributed by atoms with E-state index < -0.39 is 17.2 Å². The average Bonchev–Trinajstić information content (AvgIpc) is 2.68. The molecule has 1 aliphatic heterocycles. The fourth-order valence-electron chi connectivity index (χ4n) is 3.36. The predicted octanol–water partition coefficient (Wildman–Crippen LogP) is 2.06. The van der Waals surface area contributed by atoms with E-state index >= 15 is 0 Å². The van der Waals surface area contributed by atoms with Crippen LogP contribution in [0.3, 0.4) is 0 Å². The van der Waals surface area contributed by atoms with Crippen LogP contribution in [0, 0.1) is 18.7 Å². The zero-order valence-electron chi connectivity index (χ0n) is 16.8. The third-order valence-electron chi connectivity index (χ3n) is 4.97. The van der Waals surface area contributed by atoms with Crippen LogP contribution in [0.4, 0.5) is 4.39 Å². The minimum absolute atomic E-state index is 0.0698. The van der Waals surface area contributed by atoms with Gasteiger partial charge in [-0.1, -0.05) is 26.0 Å². The monoisotopic (exact) mass is 400 g/mol. The van der Waals surface area contributed by atoms with Crippen molar-refractivity contribution in [3.63, 3.8) is 0 Å². The van der Waals surface area contributed by atoms with Crippen molar-refractivity contribution in [2.24, 2.45) is 5.92 Å². The molecule has 1 N–H and O–H groups in total. The van der Waals surface area contributed by atoms with Gasteiger partial charge >= 0.3 is 0 Å². The lowest BCUT2D eigenvalue weighted by molar-refractivity contribution is -0.125. The van der Waals surface area contributed by atoms with E-state index in [0.29, 0.717) is 25.2 Å². The molecule has 0 spiro atoms. The normalized spacial score (nSPS) is 16.7. The van der Waals surface area contributed by atoms with Gasteiger partial charge in [-0.25, -0.2) is 9.07 Å². The van der Waals surface area contributed by atoms with Gasteiger partial charge in [-0.05, 0) is 31.9 Å². The maximum absolute atomic E-state index is 14.2. The number of amides is 2. The predicted molar refractivity (Wildman–Crippen MR) is 106 cm³/mol. The van der Waals surface area contributed by atoms with Gasteiger partial charge in [0.15, 0.2) is 5.69 Å². The maximum atomic E-state index is 14.2.